The number of rotatable bonds is 3. The van der Waals surface area contributed by atoms with Gasteiger partial charge in [0.05, 0.1) is 14.2 Å². The Balaban J connectivity index is 2.89. The number of esters is 2. The van der Waals surface area contributed by atoms with Crippen LogP contribution in [0.25, 0.3) is 0 Å². The predicted octanol–water partition coefficient (Wildman–Crippen LogP) is 1.37. The zero-order valence-electron chi connectivity index (χ0n) is 11.3. The summed E-state index contributed by atoms with van der Waals surface area (Å²) in [5.41, 5.74) is 1.33. The average Bonchev–Trinajstić information content (AvgIpc) is 2.50. The van der Waals surface area contributed by atoms with E-state index in [1.165, 1.54) is 14.2 Å². The first-order valence-electron chi connectivity index (χ1n) is 5.84. The van der Waals surface area contributed by atoms with Crippen molar-refractivity contribution in [2.24, 2.45) is 5.92 Å². The molecule has 0 atom stereocenters. The molecule has 1 rings (SSSR count). The summed E-state index contributed by atoms with van der Waals surface area (Å²) in [6, 6.07) is 7.16. The van der Waals surface area contributed by atoms with Gasteiger partial charge in [0, 0.05) is 17.5 Å². The van der Waals surface area contributed by atoms with Crippen LogP contribution in [-0.4, -0.2) is 26.2 Å². The van der Waals surface area contributed by atoms with E-state index < -0.39 is 17.9 Å². The monoisotopic (exact) mass is 270 g/mol. The lowest BCUT2D eigenvalue weighted by Crippen LogP contribution is -2.26. The molecule has 0 aromatic heterocycles. The summed E-state index contributed by atoms with van der Waals surface area (Å²) in [5, 5.41) is 0. The van der Waals surface area contributed by atoms with Crippen molar-refractivity contribution in [2.45, 2.75) is 6.42 Å². The Hall–Kier alpha value is -2.72. The minimum absolute atomic E-state index is 0.0122. The second kappa shape index (κ2) is 7.66. The highest BCUT2D eigenvalue weighted by Crippen LogP contribution is 2.09. The molecule has 0 aliphatic rings. The third-order valence-electron chi connectivity index (χ3n) is 2.58. The fraction of sp³-hybridized carbons (Fsp3) is 0.250. The lowest BCUT2D eigenvalue weighted by Gasteiger charge is -2.08. The predicted molar refractivity (Wildman–Crippen MR) is 73.4 cm³/mol. The molecular formula is C16H14O4. The molecule has 0 bridgehead atoms. The summed E-state index contributed by atoms with van der Waals surface area (Å²) in [4.78, 5) is 22.9. The molecule has 0 spiro atoms. The Kier molecular flexibility index (Phi) is 5.87. The van der Waals surface area contributed by atoms with Crippen molar-refractivity contribution in [3.63, 3.8) is 0 Å². The van der Waals surface area contributed by atoms with Crippen LogP contribution in [0.4, 0.5) is 0 Å². The molecule has 1 aromatic rings. The van der Waals surface area contributed by atoms with E-state index in [1.54, 1.807) is 12.1 Å². The van der Waals surface area contributed by atoms with E-state index in [0.29, 0.717) is 11.1 Å². The van der Waals surface area contributed by atoms with Crippen LogP contribution in [0, 0.1) is 30.1 Å². The fourth-order valence-electron chi connectivity index (χ4n) is 1.51. The van der Waals surface area contributed by atoms with Crippen LogP contribution in [0.15, 0.2) is 24.3 Å². The molecule has 1 aromatic carbocycles. The quantitative estimate of drug-likeness (QED) is 0.473. The van der Waals surface area contributed by atoms with Gasteiger partial charge in [-0.15, -0.1) is 6.42 Å². The van der Waals surface area contributed by atoms with E-state index in [1.807, 2.05) is 12.1 Å². The number of ether oxygens (including phenoxy) is 2. The Morgan fingerprint density at radius 1 is 1.15 bits per heavy atom. The number of carbonyl (C=O) groups excluding carboxylic acids is 2. The topological polar surface area (TPSA) is 52.6 Å². The Bertz CT molecular complexity index is 583. The summed E-state index contributed by atoms with van der Waals surface area (Å²) in [5.74, 6) is 5.73. The summed E-state index contributed by atoms with van der Waals surface area (Å²) < 4.78 is 9.09. The van der Waals surface area contributed by atoms with Crippen molar-refractivity contribution < 1.29 is 19.1 Å². The van der Waals surface area contributed by atoms with Gasteiger partial charge in [0.15, 0.2) is 5.92 Å². The van der Waals surface area contributed by atoms with Crippen molar-refractivity contribution in [2.75, 3.05) is 14.2 Å². The zero-order valence-corrected chi connectivity index (χ0v) is 11.3. The van der Waals surface area contributed by atoms with Crippen LogP contribution < -0.4 is 0 Å². The summed E-state index contributed by atoms with van der Waals surface area (Å²) in [6.07, 6.45) is 5.37. The van der Waals surface area contributed by atoms with Crippen LogP contribution in [0.5, 0.6) is 0 Å². The van der Waals surface area contributed by atoms with Gasteiger partial charge in [0.2, 0.25) is 0 Å². The first kappa shape index (κ1) is 15.3. The molecular weight excluding hydrogens is 256 g/mol. The van der Waals surface area contributed by atoms with Crippen LogP contribution in [0.2, 0.25) is 0 Å². The fourth-order valence-corrected chi connectivity index (χ4v) is 1.51. The van der Waals surface area contributed by atoms with Gasteiger partial charge in [0.25, 0.3) is 0 Å². The van der Waals surface area contributed by atoms with Gasteiger partial charge in [-0.25, -0.2) is 0 Å². The second-order valence-electron chi connectivity index (χ2n) is 3.79. The maximum atomic E-state index is 11.5. The molecule has 20 heavy (non-hydrogen) atoms. The summed E-state index contributed by atoms with van der Waals surface area (Å²) in [6.45, 7) is 0. The van der Waals surface area contributed by atoms with Crippen molar-refractivity contribution >= 4 is 11.9 Å². The van der Waals surface area contributed by atoms with E-state index in [-0.39, 0.29) is 6.42 Å². The average molecular weight is 270 g/mol. The van der Waals surface area contributed by atoms with E-state index in [0.717, 1.165) is 0 Å². The molecule has 0 amide bonds. The van der Waals surface area contributed by atoms with Crippen LogP contribution >= 0.6 is 0 Å². The number of methoxy groups -OCH3 is 2. The summed E-state index contributed by atoms with van der Waals surface area (Å²) >= 11 is 0. The number of benzene rings is 1. The third-order valence-corrected chi connectivity index (χ3v) is 2.58. The third kappa shape index (κ3) is 3.90. The number of carbonyl (C=O) groups is 2. The molecule has 4 heteroatoms. The van der Waals surface area contributed by atoms with E-state index in [2.05, 4.69) is 27.2 Å². The van der Waals surface area contributed by atoms with Crippen molar-refractivity contribution in [1.82, 2.24) is 0 Å². The minimum atomic E-state index is -1.05. The molecule has 0 unspecified atom stereocenters. The lowest BCUT2D eigenvalue weighted by molar-refractivity contribution is -0.158. The van der Waals surface area contributed by atoms with Crippen LogP contribution in [0.3, 0.4) is 0 Å². The highest BCUT2D eigenvalue weighted by atomic mass is 16.5. The first-order chi connectivity index (χ1) is 9.63. The SMILES string of the molecule is C#Cc1ccccc1C#CCC(C(=O)OC)C(=O)OC. The molecule has 0 aliphatic heterocycles. The standard InChI is InChI=1S/C16H14O4/c1-4-12-8-5-6-9-13(12)10-7-11-14(15(17)19-2)16(18)20-3/h1,5-6,8-9,14H,11H2,2-3H3. The highest BCUT2D eigenvalue weighted by molar-refractivity contribution is 5.95. The van der Waals surface area contributed by atoms with E-state index in [9.17, 15) is 9.59 Å². The summed E-state index contributed by atoms with van der Waals surface area (Å²) in [7, 11) is 2.42. The van der Waals surface area contributed by atoms with Crippen LogP contribution in [-0.2, 0) is 19.1 Å². The highest BCUT2D eigenvalue weighted by Gasteiger charge is 2.27. The second-order valence-corrected chi connectivity index (χ2v) is 3.79. The molecule has 4 nitrogen and oxygen atoms in total. The number of hydrogen-bond donors (Lipinski definition) is 0. The molecule has 0 fully saturated rings. The number of hydrogen-bond acceptors (Lipinski definition) is 4. The van der Waals surface area contributed by atoms with Crippen LogP contribution in [0.1, 0.15) is 17.5 Å². The van der Waals surface area contributed by atoms with Gasteiger partial charge < -0.3 is 9.47 Å². The van der Waals surface area contributed by atoms with Gasteiger partial charge in [-0.2, -0.15) is 0 Å². The Labute approximate surface area is 118 Å². The molecule has 0 N–H and O–H groups in total. The molecule has 0 heterocycles. The van der Waals surface area contributed by atoms with E-state index in [4.69, 9.17) is 6.42 Å². The van der Waals surface area contributed by atoms with Crippen molar-refractivity contribution in [3.8, 4) is 24.2 Å². The zero-order chi connectivity index (χ0) is 15.0. The Morgan fingerprint density at radius 3 is 2.20 bits per heavy atom. The van der Waals surface area contributed by atoms with Crippen molar-refractivity contribution in [3.05, 3.63) is 35.4 Å². The van der Waals surface area contributed by atoms with E-state index >= 15 is 0 Å². The van der Waals surface area contributed by atoms with Gasteiger partial charge in [0.1, 0.15) is 0 Å². The van der Waals surface area contributed by atoms with Gasteiger partial charge >= 0.3 is 11.9 Å². The van der Waals surface area contributed by atoms with Crippen molar-refractivity contribution in [1.29, 1.82) is 0 Å². The lowest BCUT2D eigenvalue weighted by atomic mass is 10.0. The largest absolute Gasteiger partial charge is 0.468 e. The normalized spacial score (nSPS) is 9.10. The Morgan fingerprint density at radius 2 is 1.70 bits per heavy atom. The molecule has 0 saturated carbocycles. The van der Waals surface area contributed by atoms with Gasteiger partial charge in [-0.1, -0.05) is 29.9 Å². The number of terminal acetylenes is 1. The molecule has 0 saturated heterocycles. The maximum Gasteiger partial charge on any atom is 0.321 e. The molecule has 0 radical (unpaired) electrons. The van der Waals surface area contributed by atoms with Gasteiger partial charge in [-0.05, 0) is 12.1 Å². The molecule has 102 valence electrons. The smallest absolute Gasteiger partial charge is 0.321 e. The minimum Gasteiger partial charge on any atom is -0.468 e. The van der Waals surface area contributed by atoms with Gasteiger partial charge in [-0.3, -0.25) is 9.59 Å². The molecule has 0 aliphatic carbocycles. The maximum absolute atomic E-state index is 11.5. The first-order valence-corrected chi connectivity index (χ1v) is 5.84.